The molecule has 1 aliphatic rings. The summed E-state index contributed by atoms with van der Waals surface area (Å²) in [6, 6.07) is 12.4. The standard InChI is InChI=1S/C29H44N2O3S/c1-3-18-31(25-13-14-26-23(21-25)12-15-27(32)29(26)33)19-9-5-4-8-16-30-17-20-35-22-24-10-6-7-11-28(24)34-2/h6-7,10-12,15,25,30,32-33H,3-5,8-9,13-14,16-22H2,1-2H3. The van der Waals surface area contributed by atoms with Crippen LogP contribution in [0.2, 0.25) is 0 Å². The van der Waals surface area contributed by atoms with Crippen molar-refractivity contribution in [2.24, 2.45) is 0 Å². The highest BCUT2D eigenvalue weighted by atomic mass is 32.2. The fraction of sp³-hybridized carbons (Fsp3) is 0.586. The van der Waals surface area contributed by atoms with E-state index in [0.29, 0.717) is 6.04 Å². The number of hydrogen-bond donors (Lipinski definition) is 3. The van der Waals surface area contributed by atoms with Gasteiger partial charge in [-0.15, -0.1) is 0 Å². The fourth-order valence-electron chi connectivity index (χ4n) is 5.07. The van der Waals surface area contributed by atoms with E-state index < -0.39 is 0 Å². The van der Waals surface area contributed by atoms with Crippen molar-refractivity contribution >= 4 is 11.8 Å². The van der Waals surface area contributed by atoms with Crippen molar-refractivity contribution < 1.29 is 14.9 Å². The number of nitrogens with zero attached hydrogens (tertiary/aromatic N) is 1. The molecule has 3 rings (SSSR count). The number of phenolic OH excluding ortho intramolecular Hbond substituents is 2. The summed E-state index contributed by atoms with van der Waals surface area (Å²) in [4.78, 5) is 2.66. The lowest BCUT2D eigenvalue weighted by Gasteiger charge is -2.35. The van der Waals surface area contributed by atoms with Crippen molar-refractivity contribution in [2.45, 2.75) is 70.1 Å². The summed E-state index contributed by atoms with van der Waals surface area (Å²) in [5.74, 6) is 3.20. The Morgan fingerprint density at radius 2 is 1.86 bits per heavy atom. The first-order chi connectivity index (χ1) is 17.1. The van der Waals surface area contributed by atoms with Gasteiger partial charge in [0, 0.05) is 35.2 Å². The predicted octanol–water partition coefficient (Wildman–Crippen LogP) is 5.76. The third-order valence-electron chi connectivity index (χ3n) is 6.99. The summed E-state index contributed by atoms with van der Waals surface area (Å²) in [7, 11) is 1.74. The Morgan fingerprint density at radius 3 is 2.69 bits per heavy atom. The van der Waals surface area contributed by atoms with E-state index in [9.17, 15) is 10.2 Å². The van der Waals surface area contributed by atoms with Crippen molar-refractivity contribution in [3.8, 4) is 17.2 Å². The molecule has 0 radical (unpaired) electrons. The van der Waals surface area contributed by atoms with Crippen LogP contribution in [-0.4, -0.2) is 60.2 Å². The van der Waals surface area contributed by atoms with Crippen LogP contribution in [-0.2, 0) is 18.6 Å². The predicted molar refractivity (Wildman–Crippen MR) is 148 cm³/mol. The molecule has 0 bridgehead atoms. The Balaban J connectivity index is 1.25. The maximum absolute atomic E-state index is 10.2. The minimum absolute atomic E-state index is 0.00806. The molecular formula is C29H44N2O3S. The zero-order chi connectivity index (χ0) is 24.9. The second-order valence-electron chi connectivity index (χ2n) is 9.53. The van der Waals surface area contributed by atoms with Gasteiger partial charge in [0.1, 0.15) is 5.75 Å². The average Bonchev–Trinajstić information content (AvgIpc) is 2.88. The molecule has 1 unspecified atom stereocenters. The highest BCUT2D eigenvalue weighted by molar-refractivity contribution is 7.98. The van der Waals surface area contributed by atoms with Crippen LogP contribution in [0.1, 0.15) is 62.1 Å². The summed E-state index contributed by atoms with van der Waals surface area (Å²) in [5.41, 5.74) is 3.42. The lowest BCUT2D eigenvalue weighted by atomic mass is 9.86. The normalized spacial score (nSPS) is 15.3. The third-order valence-corrected chi connectivity index (χ3v) is 8.00. The molecule has 1 aliphatic carbocycles. The first kappa shape index (κ1) is 27.7. The van der Waals surface area contributed by atoms with Gasteiger partial charge in [0.05, 0.1) is 7.11 Å². The fourth-order valence-corrected chi connectivity index (χ4v) is 5.96. The van der Waals surface area contributed by atoms with Crippen LogP contribution < -0.4 is 10.1 Å². The molecule has 0 aliphatic heterocycles. The number of hydrogen-bond acceptors (Lipinski definition) is 6. The first-order valence-corrected chi connectivity index (χ1v) is 14.5. The lowest BCUT2D eigenvalue weighted by molar-refractivity contribution is 0.175. The monoisotopic (exact) mass is 500 g/mol. The quantitative estimate of drug-likeness (QED) is 0.201. The van der Waals surface area contributed by atoms with Crippen LogP contribution >= 0.6 is 11.8 Å². The van der Waals surface area contributed by atoms with Gasteiger partial charge in [-0.05, 0) is 75.9 Å². The van der Waals surface area contributed by atoms with E-state index in [1.54, 1.807) is 13.2 Å². The van der Waals surface area contributed by atoms with Crippen LogP contribution in [0.5, 0.6) is 17.2 Å². The Hall–Kier alpha value is -1.89. The summed E-state index contributed by atoms with van der Waals surface area (Å²) in [6.45, 7) is 6.71. The van der Waals surface area contributed by atoms with Gasteiger partial charge < -0.3 is 25.2 Å². The number of para-hydroxylation sites is 1. The molecule has 0 amide bonds. The maximum atomic E-state index is 10.2. The van der Waals surface area contributed by atoms with E-state index >= 15 is 0 Å². The van der Waals surface area contributed by atoms with E-state index in [-0.39, 0.29) is 11.5 Å². The number of rotatable bonds is 16. The first-order valence-electron chi connectivity index (χ1n) is 13.3. The number of phenols is 2. The Bertz CT molecular complexity index is 892. The smallest absolute Gasteiger partial charge is 0.160 e. The number of thioether (sulfide) groups is 1. The molecule has 5 nitrogen and oxygen atoms in total. The van der Waals surface area contributed by atoms with Crippen LogP contribution in [0.25, 0.3) is 0 Å². The Kier molecular flexibility index (Phi) is 12.1. The van der Waals surface area contributed by atoms with Crippen molar-refractivity contribution in [3.05, 3.63) is 53.1 Å². The van der Waals surface area contributed by atoms with Crippen LogP contribution in [0.15, 0.2) is 36.4 Å². The number of aromatic hydroxyl groups is 2. The van der Waals surface area contributed by atoms with E-state index in [2.05, 4.69) is 29.3 Å². The second-order valence-corrected chi connectivity index (χ2v) is 10.6. The molecule has 6 heteroatoms. The second kappa shape index (κ2) is 15.3. The number of nitrogens with one attached hydrogen (secondary N) is 1. The average molecular weight is 501 g/mol. The molecule has 1 atom stereocenters. The maximum Gasteiger partial charge on any atom is 0.160 e. The van der Waals surface area contributed by atoms with Gasteiger partial charge in [-0.3, -0.25) is 0 Å². The molecule has 0 spiro atoms. The molecule has 0 heterocycles. The number of ether oxygens (including phenoxy) is 1. The van der Waals surface area contributed by atoms with Gasteiger partial charge >= 0.3 is 0 Å². The zero-order valence-electron chi connectivity index (χ0n) is 21.6. The van der Waals surface area contributed by atoms with E-state index in [1.165, 1.54) is 43.2 Å². The molecule has 0 fully saturated rings. The topological polar surface area (TPSA) is 65.0 Å². The molecule has 0 saturated carbocycles. The van der Waals surface area contributed by atoms with Crippen LogP contribution in [0.3, 0.4) is 0 Å². The van der Waals surface area contributed by atoms with Crippen LogP contribution in [0.4, 0.5) is 0 Å². The number of benzene rings is 2. The van der Waals surface area contributed by atoms with Gasteiger partial charge in [-0.25, -0.2) is 0 Å². The minimum atomic E-state index is 0.00806. The van der Waals surface area contributed by atoms with E-state index in [1.807, 2.05) is 30.0 Å². The van der Waals surface area contributed by atoms with Crippen molar-refractivity contribution in [1.82, 2.24) is 10.2 Å². The zero-order valence-corrected chi connectivity index (χ0v) is 22.4. The third kappa shape index (κ3) is 8.62. The number of methoxy groups -OCH3 is 1. The molecule has 2 aromatic carbocycles. The van der Waals surface area contributed by atoms with Gasteiger partial charge in [0.15, 0.2) is 11.5 Å². The van der Waals surface area contributed by atoms with Gasteiger partial charge in [-0.1, -0.05) is 44.0 Å². The van der Waals surface area contributed by atoms with Crippen molar-refractivity contribution in [3.63, 3.8) is 0 Å². The van der Waals surface area contributed by atoms with Gasteiger partial charge in [-0.2, -0.15) is 11.8 Å². The van der Waals surface area contributed by atoms with Gasteiger partial charge in [0.25, 0.3) is 0 Å². The largest absolute Gasteiger partial charge is 0.504 e. The highest BCUT2D eigenvalue weighted by Crippen LogP contribution is 2.36. The Morgan fingerprint density at radius 1 is 1.03 bits per heavy atom. The molecule has 194 valence electrons. The van der Waals surface area contributed by atoms with Crippen molar-refractivity contribution in [2.75, 3.05) is 39.0 Å². The van der Waals surface area contributed by atoms with Gasteiger partial charge in [0.2, 0.25) is 0 Å². The summed E-state index contributed by atoms with van der Waals surface area (Å²) in [6.07, 6.45) is 9.10. The Labute approximate surface area is 216 Å². The summed E-state index contributed by atoms with van der Waals surface area (Å²) in [5, 5.41) is 23.5. The SMILES string of the molecule is CCCN(CCCCCCNCCSCc1ccccc1OC)C1CCc2c(ccc(O)c2O)C1. The molecule has 3 N–H and O–H groups in total. The van der Waals surface area contributed by atoms with E-state index in [4.69, 9.17) is 4.74 Å². The lowest BCUT2D eigenvalue weighted by Crippen LogP contribution is -2.40. The summed E-state index contributed by atoms with van der Waals surface area (Å²) >= 11 is 1.95. The number of unbranched alkanes of at least 4 members (excludes halogenated alkanes) is 3. The number of fused-ring (bicyclic) bond motifs is 1. The van der Waals surface area contributed by atoms with Crippen molar-refractivity contribution in [1.29, 1.82) is 0 Å². The van der Waals surface area contributed by atoms with E-state index in [0.717, 1.165) is 68.3 Å². The minimum Gasteiger partial charge on any atom is -0.504 e. The molecule has 2 aromatic rings. The molecule has 0 aromatic heterocycles. The highest BCUT2D eigenvalue weighted by Gasteiger charge is 2.26. The molecule has 35 heavy (non-hydrogen) atoms. The van der Waals surface area contributed by atoms with Crippen LogP contribution in [0, 0.1) is 0 Å². The molecule has 0 saturated heterocycles. The summed E-state index contributed by atoms with van der Waals surface area (Å²) < 4.78 is 5.42. The molecular weight excluding hydrogens is 456 g/mol.